The number of carbonyl (C=O) groups excluding carboxylic acids is 1. The number of amides is 1. The molecule has 0 unspecified atom stereocenters. The van der Waals surface area contributed by atoms with Gasteiger partial charge in [0.15, 0.2) is 10.6 Å². The van der Waals surface area contributed by atoms with Gasteiger partial charge in [0.2, 0.25) is 11.3 Å². The zero-order valence-electron chi connectivity index (χ0n) is 17.1. The predicted octanol–water partition coefficient (Wildman–Crippen LogP) is 6.42. The molecule has 0 aliphatic rings. The summed E-state index contributed by atoms with van der Waals surface area (Å²) in [6.07, 6.45) is 0. The number of sulfone groups is 1. The first kappa shape index (κ1) is 25.0. The van der Waals surface area contributed by atoms with Crippen LogP contribution in [0.5, 0.6) is 0 Å². The number of H-pyrrole nitrogens is 1. The Balaban J connectivity index is 1.58. The molecule has 12 heteroatoms. The summed E-state index contributed by atoms with van der Waals surface area (Å²) in [5, 5.41) is 9.93. The summed E-state index contributed by atoms with van der Waals surface area (Å²) in [7, 11) is -3.82. The van der Waals surface area contributed by atoms with Gasteiger partial charge in [-0.15, -0.1) is 0 Å². The zero-order chi connectivity index (χ0) is 24.5. The molecule has 0 aliphatic carbocycles. The van der Waals surface area contributed by atoms with Gasteiger partial charge in [0.25, 0.3) is 5.91 Å². The van der Waals surface area contributed by atoms with Crippen molar-refractivity contribution >= 4 is 81.4 Å². The molecule has 0 radical (unpaired) electrons. The Kier molecular flexibility index (Phi) is 7.25. The molecule has 0 aliphatic heterocycles. The number of alkyl halides is 3. The van der Waals surface area contributed by atoms with Crippen molar-refractivity contribution in [1.82, 2.24) is 14.8 Å². The van der Waals surface area contributed by atoms with E-state index in [1.165, 1.54) is 24.3 Å². The van der Waals surface area contributed by atoms with E-state index >= 15 is 0 Å². The van der Waals surface area contributed by atoms with Crippen LogP contribution in [0.25, 0.3) is 17.1 Å². The van der Waals surface area contributed by atoms with Crippen LogP contribution >= 0.6 is 60.0 Å². The Morgan fingerprint density at radius 2 is 1.65 bits per heavy atom. The highest BCUT2D eigenvalue weighted by Crippen LogP contribution is 2.43. The van der Waals surface area contributed by atoms with Crippen LogP contribution in [-0.4, -0.2) is 30.6 Å². The summed E-state index contributed by atoms with van der Waals surface area (Å²) in [5.41, 5.74) is 2.41. The molecule has 4 aromatic rings. The standard InChI is InChI=1S/C22H15Br3N4O3S2/c23-22(24,25)34(31,32)18-8-4-7-15(13-18)20(30)26-16-9-11-17(12-10-16)29-19(27-28-21(29)33)14-5-2-1-3-6-14/h1-13H,(H,26,30)(H,28,33). The van der Waals surface area contributed by atoms with Gasteiger partial charge in [-0.25, -0.2) is 8.42 Å². The second-order valence-electron chi connectivity index (χ2n) is 7.03. The molecule has 1 aromatic heterocycles. The van der Waals surface area contributed by atoms with E-state index < -0.39 is 17.2 Å². The average Bonchev–Trinajstić information content (AvgIpc) is 3.21. The molecule has 3 aromatic carbocycles. The van der Waals surface area contributed by atoms with Gasteiger partial charge in [-0.3, -0.25) is 14.5 Å². The number of anilines is 1. The maximum Gasteiger partial charge on any atom is 0.255 e. The number of carbonyl (C=O) groups is 1. The van der Waals surface area contributed by atoms with E-state index in [2.05, 4.69) is 63.3 Å². The fourth-order valence-electron chi connectivity index (χ4n) is 3.15. The molecule has 0 saturated heterocycles. The van der Waals surface area contributed by atoms with E-state index in [0.717, 1.165) is 11.3 Å². The van der Waals surface area contributed by atoms with E-state index in [1.807, 2.05) is 42.5 Å². The SMILES string of the molecule is O=C(Nc1ccc(-n2c(-c3ccccc3)n[nH]c2=S)cc1)c1cccc(S(=O)(=O)C(Br)(Br)Br)c1. The lowest BCUT2D eigenvalue weighted by Crippen LogP contribution is -2.19. The molecule has 1 heterocycles. The fraction of sp³-hybridized carbons (Fsp3) is 0.0455. The molecular weight excluding hydrogens is 672 g/mol. The summed E-state index contributed by atoms with van der Waals surface area (Å²) < 4.78 is 25.9. The Morgan fingerprint density at radius 1 is 0.971 bits per heavy atom. The average molecular weight is 687 g/mol. The van der Waals surface area contributed by atoms with Gasteiger partial charge in [0, 0.05) is 16.8 Å². The van der Waals surface area contributed by atoms with Gasteiger partial charge in [-0.1, -0.05) is 36.4 Å². The number of nitrogens with one attached hydrogen (secondary N) is 2. The highest BCUT2D eigenvalue weighted by molar-refractivity contribution is 9.42. The van der Waals surface area contributed by atoms with Crippen molar-refractivity contribution in [1.29, 1.82) is 0 Å². The fourth-order valence-corrected chi connectivity index (χ4v) is 5.88. The summed E-state index contributed by atoms with van der Waals surface area (Å²) in [5.74, 6) is 0.223. The third-order valence-corrected chi connectivity index (χ3v) is 10.4. The van der Waals surface area contributed by atoms with E-state index in [0.29, 0.717) is 16.3 Å². The summed E-state index contributed by atoms with van der Waals surface area (Å²) >= 11 is 14.5. The third-order valence-electron chi connectivity index (χ3n) is 4.80. The molecular formula is C22H15Br3N4O3S2. The van der Waals surface area contributed by atoms with Crippen LogP contribution in [0.3, 0.4) is 0 Å². The molecule has 0 spiro atoms. The largest absolute Gasteiger partial charge is 0.322 e. The third kappa shape index (κ3) is 5.10. The van der Waals surface area contributed by atoms with Crippen molar-refractivity contribution in [2.45, 2.75) is 6.37 Å². The number of rotatable bonds is 5. The second-order valence-corrected chi connectivity index (χ2v) is 17.8. The monoisotopic (exact) mass is 684 g/mol. The number of benzene rings is 3. The highest BCUT2D eigenvalue weighted by atomic mass is 80.0. The molecule has 34 heavy (non-hydrogen) atoms. The van der Waals surface area contributed by atoms with E-state index in [9.17, 15) is 13.2 Å². The Hall–Kier alpha value is -2.12. The summed E-state index contributed by atoms with van der Waals surface area (Å²) in [6, 6.07) is 22.5. The first-order valence-corrected chi connectivity index (χ1v) is 13.9. The summed E-state index contributed by atoms with van der Waals surface area (Å²) in [4.78, 5) is 12.7. The van der Waals surface area contributed by atoms with Gasteiger partial charge in [-0.2, -0.15) is 5.10 Å². The Labute approximate surface area is 225 Å². The Bertz CT molecular complexity index is 1510. The quantitative estimate of drug-likeness (QED) is 0.187. The number of hydrogen-bond acceptors (Lipinski definition) is 5. The molecule has 0 atom stereocenters. The summed E-state index contributed by atoms with van der Waals surface area (Å²) in [6.45, 7) is 0. The van der Waals surface area contributed by atoms with Gasteiger partial charge in [0.05, 0.1) is 10.6 Å². The van der Waals surface area contributed by atoms with E-state index in [-0.39, 0.29) is 10.5 Å². The molecule has 0 saturated carbocycles. The maximum absolute atomic E-state index is 12.8. The first-order chi connectivity index (χ1) is 16.1. The van der Waals surface area contributed by atoms with Gasteiger partial charge < -0.3 is 5.32 Å². The minimum Gasteiger partial charge on any atom is -0.322 e. The maximum atomic E-state index is 12.8. The minimum absolute atomic E-state index is 0.0242. The molecule has 2 N–H and O–H groups in total. The van der Waals surface area contributed by atoms with Crippen molar-refractivity contribution in [3.63, 3.8) is 0 Å². The number of aromatic nitrogens is 3. The van der Waals surface area contributed by atoms with Crippen LogP contribution in [0.15, 0.2) is 83.8 Å². The first-order valence-electron chi connectivity index (χ1n) is 9.64. The topological polar surface area (TPSA) is 96.8 Å². The normalized spacial score (nSPS) is 11.9. The van der Waals surface area contributed by atoms with E-state index in [4.69, 9.17) is 12.2 Å². The van der Waals surface area contributed by atoms with Crippen molar-refractivity contribution in [3.05, 3.63) is 89.2 Å². The lowest BCUT2D eigenvalue weighted by atomic mass is 10.2. The predicted molar refractivity (Wildman–Crippen MR) is 145 cm³/mol. The van der Waals surface area contributed by atoms with Crippen LogP contribution in [0.2, 0.25) is 0 Å². The molecule has 0 bridgehead atoms. The lowest BCUT2D eigenvalue weighted by Gasteiger charge is -2.14. The Morgan fingerprint density at radius 3 is 2.29 bits per heavy atom. The molecule has 1 amide bonds. The zero-order valence-corrected chi connectivity index (χ0v) is 23.5. The van der Waals surface area contributed by atoms with Gasteiger partial charge >= 0.3 is 0 Å². The molecule has 0 fully saturated rings. The van der Waals surface area contributed by atoms with Crippen LogP contribution in [0, 0.1) is 4.77 Å². The highest BCUT2D eigenvalue weighted by Gasteiger charge is 2.37. The minimum atomic E-state index is -3.82. The van der Waals surface area contributed by atoms with Crippen LogP contribution < -0.4 is 5.32 Å². The van der Waals surface area contributed by atoms with Gasteiger partial charge in [-0.05, 0) is 102 Å². The molecule has 174 valence electrons. The number of nitrogens with zero attached hydrogens (tertiary/aromatic N) is 2. The van der Waals surface area contributed by atoms with Crippen molar-refractivity contribution in [2.24, 2.45) is 0 Å². The number of halogens is 3. The van der Waals surface area contributed by atoms with Crippen molar-refractivity contribution in [3.8, 4) is 17.1 Å². The van der Waals surface area contributed by atoms with Crippen molar-refractivity contribution in [2.75, 3.05) is 5.32 Å². The number of aromatic amines is 1. The van der Waals surface area contributed by atoms with Crippen LogP contribution in [0.1, 0.15) is 10.4 Å². The smallest absolute Gasteiger partial charge is 0.255 e. The van der Waals surface area contributed by atoms with Crippen LogP contribution in [0.4, 0.5) is 5.69 Å². The lowest BCUT2D eigenvalue weighted by molar-refractivity contribution is 0.102. The molecule has 4 rings (SSSR count). The number of hydrogen-bond donors (Lipinski definition) is 2. The second kappa shape index (κ2) is 9.86. The van der Waals surface area contributed by atoms with Crippen molar-refractivity contribution < 1.29 is 13.2 Å². The molecule has 7 nitrogen and oxygen atoms in total. The van der Waals surface area contributed by atoms with Crippen LogP contribution in [-0.2, 0) is 9.84 Å². The van der Waals surface area contributed by atoms with Gasteiger partial charge in [0.1, 0.15) is 0 Å². The van der Waals surface area contributed by atoms with E-state index in [1.54, 1.807) is 16.7 Å².